The number of halogens is 1. The van der Waals surface area contributed by atoms with E-state index < -0.39 is 0 Å². The van der Waals surface area contributed by atoms with Gasteiger partial charge in [0.15, 0.2) is 0 Å². The third-order valence-corrected chi connectivity index (χ3v) is 5.89. The number of phenolic OH excluding ortho intramolecular Hbond substituents is 1. The number of aromatic nitrogens is 1. The summed E-state index contributed by atoms with van der Waals surface area (Å²) in [6.07, 6.45) is 0. The molecule has 0 spiro atoms. The Bertz CT molecular complexity index is 1120. The van der Waals surface area contributed by atoms with Crippen LogP contribution in [0.4, 0.5) is 5.69 Å². The van der Waals surface area contributed by atoms with E-state index >= 15 is 0 Å². The van der Waals surface area contributed by atoms with Crippen molar-refractivity contribution in [3.63, 3.8) is 0 Å². The highest BCUT2D eigenvalue weighted by Crippen LogP contribution is 2.39. The molecule has 5 nitrogen and oxygen atoms in total. The highest BCUT2D eigenvalue weighted by Gasteiger charge is 2.33. The number of benzene rings is 2. The summed E-state index contributed by atoms with van der Waals surface area (Å²) < 4.78 is 0. The average Bonchev–Trinajstić information content (AvgIpc) is 3.17. The van der Waals surface area contributed by atoms with Crippen molar-refractivity contribution in [3.05, 3.63) is 68.7 Å². The summed E-state index contributed by atoms with van der Waals surface area (Å²) in [5.41, 5.74) is 3.78. The van der Waals surface area contributed by atoms with Gasteiger partial charge in [-0.1, -0.05) is 41.4 Å². The monoisotopic (exact) mass is 411 g/mol. The van der Waals surface area contributed by atoms with Gasteiger partial charge in [0.1, 0.15) is 22.4 Å². The zero-order valence-corrected chi connectivity index (χ0v) is 16.9. The first-order chi connectivity index (χ1) is 13.3. The second kappa shape index (κ2) is 6.96. The van der Waals surface area contributed by atoms with Crippen LogP contribution in [0.2, 0.25) is 5.02 Å². The third kappa shape index (κ3) is 3.15. The number of nitrogens with zero attached hydrogens (tertiary/aromatic N) is 2. The van der Waals surface area contributed by atoms with E-state index in [1.165, 1.54) is 27.9 Å². The van der Waals surface area contributed by atoms with Gasteiger partial charge in [-0.15, -0.1) is 11.3 Å². The molecule has 0 unspecified atom stereocenters. The quantitative estimate of drug-likeness (QED) is 0.527. The molecule has 0 atom stereocenters. The average molecular weight is 412 g/mol. The Kier molecular flexibility index (Phi) is 4.61. The lowest BCUT2D eigenvalue weighted by molar-refractivity contribution is 0.411. The molecule has 3 N–H and O–H groups in total. The van der Waals surface area contributed by atoms with Gasteiger partial charge in [0.2, 0.25) is 0 Å². The first-order valence-corrected chi connectivity index (χ1v) is 9.86. The van der Waals surface area contributed by atoms with Crippen LogP contribution in [0, 0.1) is 19.3 Å². The molecular weight excluding hydrogens is 394 g/mol. The lowest BCUT2D eigenvalue weighted by Crippen LogP contribution is -2.26. The Morgan fingerprint density at radius 2 is 1.82 bits per heavy atom. The van der Waals surface area contributed by atoms with Gasteiger partial charge in [-0.05, 0) is 32.0 Å². The highest BCUT2D eigenvalue weighted by atomic mass is 35.5. The molecule has 7 heteroatoms. The zero-order chi connectivity index (χ0) is 20.0. The van der Waals surface area contributed by atoms with Crippen LogP contribution < -0.4 is 4.90 Å². The van der Waals surface area contributed by atoms with Crippen LogP contribution in [0.15, 0.2) is 48.2 Å². The van der Waals surface area contributed by atoms with Gasteiger partial charge in [0.05, 0.1) is 23.5 Å². The summed E-state index contributed by atoms with van der Waals surface area (Å²) in [5.74, 6) is 0.131. The zero-order valence-electron chi connectivity index (χ0n) is 15.3. The van der Waals surface area contributed by atoms with Crippen molar-refractivity contribution in [2.45, 2.75) is 13.8 Å². The van der Waals surface area contributed by atoms with Crippen molar-refractivity contribution in [1.82, 2.24) is 4.98 Å². The normalized spacial score (nSPS) is 14.2. The van der Waals surface area contributed by atoms with Gasteiger partial charge in [0, 0.05) is 15.5 Å². The lowest BCUT2D eigenvalue weighted by atomic mass is 10.1. The summed E-state index contributed by atoms with van der Waals surface area (Å²) >= 11 is 7.48. The molecule has 0 saturated carbocycles. The van der Waals surface area contributed by atoms with Crippen LogP contribution in [0.5, 0.6) is 5.75 Å². The first kappa shape index (κ1) is 18.5. The maximum atomic E-state index is 10.6. The highest BCUT2D eigenvalue weighted by molar-refractivity contribution is 7.13. The number of aliphatic hydroxyl groups excluding tert-OH is 1. The van der Waals surface area contributed by atoms with Crippen LogP contribution in [0.25, 0.3) is 16.8 Å². The number of thiazole rings is 1. The van der Waals surface area contributed by atoms with E-state index in [-0.39, 0.29) is 23.9 Å². The second-order valence-corrected chi connectivity index (χ2v) is 8.32. The molecule has 142 valence electrons. The second-order valence-electron chi connectivity index (χ2n) is 6.68. The molecular formula is C21H18ClN3O2S. The van der Waals surface area contributed by atoms with E-state index in [0.29, 0.717) is 21.3 Å². The number of amidine groups is 1. The summed E-state index contributed by atoms with van der Waals surface area (Å²) in [5, 5.41) is 30.3. The van der Waals surface area contributed by atoms with Gasteiger partial charge in [-0.3, -0.25) is 5.41 Å². The number of nitrogens with one attached hydrogen (secondary N) is 1. The number of phenols is 1. The van der Waals surface area contributed by atoms with Crippen molar-refractivity contribution < 1.29 is 10.2 Å². The maximum absolute atomic E-state index is 10.6. The fourth-order valence-electron chi connectivity index (χ4n) is 3.21. The number of hydrogen-bond donors (Lipinski definition) is 3. The van der Waals surface area contributed by atoms with E-state index in [4.69, 9.17) is 22.0 Å². The number of hydrogen-bond acceptors (Lipinski definition) is 5. The van der Waals surface area contributed by atoms with E-state index in [1.54, 1.807) is 12.1 Å². The molecule has 2 aromatic carbocycles. The van der Waals surface area contributed by atoms with Gasteiger partial charge < -0.3 is 15.1 Å². The van der Waals surface area contributed by atoms with E-state index in [9.17, 15) is 10.2 Å². The smallest absolute Gasteiger partial charge is 0.139 e. The summed E-state index contributed by atoms with van der Waals surface area (Å²) in [7, 11) is 0. The molecule has 0 fully saturated rings. The first-order valence-electron chi connectivity index (χ1n) is 8.67. The Balaban J connectivity index is 1.71. The van der Waals surface area contributed by atoms with Crippen molar-refractivity contribution in [3.8, 4) is 17.0 Å². The largest absolute Gasteiger partial charge is 0.510 e. The molecule has 0 radical (unpaired) electrons. The minimum atomic E-state index is -0.00105. The standard InChI is InChI=1S/C21H18ClN3O2S/c1-11-3-5-13(6-4-11)19-12(2)28-21(24-19)18-17(27)10-25(20(18)23)15-9-14(22)7-8-16(15)26/h3-9,23,26-27H,10H2,1-2H3. The molecule has 0 bridgehead atoms. The minimum Gasteiger partial charge on any atom is -0.510 e. The summed E-state index contributed by atoms with van der Waals surface area (Å²) in [6.45, 7) is 4.10. The van der Waals surface area contributed by atoms with Crippen LogP contribution in [-0.4, -0.2) is 27.6 Å². The SMILES string of the molecule is Cc1ccc(-c2nc(C3=C(O)CN(c4cc(Cl)ccc4O)C3=N)sc2C)cc1. The molecule has 3 aromatic rings. The molecule has 28 heavy (non-hydrogen) atoms. The molecule has 2 heterocycles. The molecule has 0 saturated heterocycles. The number of rotatable bonds is 3. The molecule has 1 aliphatic heterocycles. The number of aliphatic hydroxyl groups is 1. The van der Waals surface area contributed by atoms with Crippen molar-refractivity contribution in [2.24, 2.45) is 0 Å². The minimum absolute atomic E-state index is 0.00105. The molecule has 0 amide bonds. The predicted octanol–water partition coefficient (Wildman–Crippen LogP) is 5.55. The topological polar surface area (TPSA) is 80.4 Å². The van der Waals surface area contributed by atoms with E-state index in [1.807, 2.05) is 38.1 Å². The number of aryl methyl sites for hydroxylation is 2. The Morgan fingerprint density at radius 1 is 1.11 bits per heavy atom. The van der Waals surface area contributed by atoms with Gasteiger partial charge in [-0.2, -0.15) is 0 Å². The Morgan fingerprint density at radius 3 is 2.54 bits per heavy atom. The van der Waals surface area contributed by atoms with E-state index in [2.05, 4.69) is 0 Å². The van der Waals surface area contributed by atoms with E-state index in [0.717, 1.165) is 16.1 Å². The van der Waals surface area contributed by atoms with Crippen molar-refractivity contribution >= 4 is 40.0 Å². The molecule has 1 aliphatic rings. The van der Waals surface area contributed by atoms with Crippen LogP contribution in [0.1, 0.15) is 15.4 Å². The fourth-order valence-corrected chi connectivity index (χ4v) is 4.38. The van der Waals surface area contributed by atoms with Gasteiger partial charge >= 0.3 is 0 Å². The Hall–Kier alpha value is -2.83. The van der Waals surface area contributed by atoms with Crippen molar-refractivity contribution in [1.29, 1.82) is 5.41 Å². The Labute approximate surface area is 171 Å². The lowest BCUT2D eigenvalue weighted by Gasteiger charge is -2.19. The molecule has 4 rings (SSSR count). The summed E-state index contributed by atoms with van der Waals surface area (Å²) in [6, 6.07) is 12.7. The predicted molar refractivity (Wildman–Crippen MR) is 115 cm³/mol. The maximum Gasteiger partial charge on any atom is 0.139 e. The van der Waals surface area contributed by atoms with Crippen LogP contribution in [0.3, 0.4) is 0 Å². The fraction of sp³-hybridized carbons (Fsp3) is 0.143. The molecule has 0 aliphatic carbocycles. The van der Waals surface area contributed by atoms with Gasteiger partial charge in [0.25, 0.3) is 0 Å². The molecule has 1 aromatic heterocycles. The van der Waals surface area contributed by atoms with Crippen LogP contribution >= 0.6 is 22.9 Å². The van der Waals surface area contributed by atoms with Crippen molar-refractivity contribution in [2.75, 3.05) is 11.4 Å². The van der Waals surface area contributed by atoms with Crippen LogP contribution in [-0.2, 0) is 0 Å². The summed E-state index contributed by atoms with van der Waals surface area (Å²) in [4.78, 5) is 7.24. The number of anilines is 1. The third-order valence-electron chi connectivity index (χ3n) is 4.67. The van der Waals surface area contributed by atoms with Gasteiger partial charge in [-0.25, -0.2) is 4.98 Å². The number of aromatic hydroxyl groups is 1.